The maximum Gasteiger partial charge on any atom is 0.335 e. The van der Waals surface area contributed by atoms with Gasteiger partial charge in [0.25, 0.3) is 12.0 Å². The number of hydrogen-bond donors (Lipinski definition) is 3. The summed E-state index contributed by atoms with van der Waals surface area (Å²) in [6.07, 6.45) is 3.88. The number of carboxylic acids is 1. The number of aromatic nitrogens is 2. The Morgan fingerprint density at radius 3 is 2.86 bits per heavy atom. The molecule has 2 aromatic rings. The lowest BCUT2D eigenvalue weighted by Crippen LogP contribution is -2.45. The van der Waals surface area contributed by atoms with Gasteiger partial charge in [-0.15, -0.1) is 0 Å². The molecule has 8 nitrogen and oxygen atoms in total. The summed E-state index contributed by atoms with van der Waals surface area (Å²) in [7, 11) is 0. The first-order valence-electron chi connectivity index (χ1n) is 9.61. The van der Waals surface area contributed by atoms with Crippen molar-refractivity contribution in [1.29, 1.82) is 0 Å². The molecular weight excluding hydrogens is 374 g/mol. The average Bonchev–Trinajstić information content (AvgIpc) is 3.01. The number of H-pyrrole nitrogens is 1. The predicted octanol–water partition coefficient (Wildman–Crippen LogP) is 1.96. The maximum absolute atomic E-state index is 12.3. The SMILES string of the molecule is Cc1nc2c(c(=O)[nH]1)CCC21CCCN(Cc2cccc(C(=O)O)c2)C1.O=CO. The molecule has 2 heterocycles. The molecule has 3 N–H and O–H groups in total. The first-order chi connectivity index (χ1) is 13.9. The van der Waals surface area contributed by atoms with Gasteiger partial charge in [0.05, 0.1) is 11.3 Å². The molecule has 0 amide bonds. The van der Waals surface area contributed by atoms with E-state index in [4.69, 9.17) is 14.9 Å². The van der Waals surface area contributed by atoms with Crippen LogP contribution in [0.1, 0.15) is 52.3 Å². The van der Waals surface area contributed by atoms with Gasteiger partial charge >= 0.3 is 5.97 Å². The van der Waals surface area contributed by atoms with E-state index < -0.39 is 5.97 Å². The molecule has 154 valence electrons. The van der Waals surface area contributed by atoms with E-state index in [1.165, 1.54) is 0 Å². The third kappa shape index (κ3) is 4.37. The molecule has 1 fully saturated rings. The Morgan fingerprint density at radius 1 is 1.38 bits per heavy atom. The van der Waals surface area contributed by atoms with Crippen LogP contribution in [-0.2, 0) is 23.2 Å². The molecule has 1 aliphatic carbocycles. The Hall–Kier alpha value is -3.00. The van der Waals surface area contributed by atoms with E-state index in [0.717, 1.165) is 62.1 Å². The van der Waals surface area contributed by atoms with E-state index in [-0.39, 0.29) is 17.4 Å². The van der Waals surface area contributed by atoms with Gasteiger partial charge in [-0.1, -0.05) is 12.1 Å². The van der Waals surface area contributed by atoms with E-state index >= 15 is 0 Å². The van der Waals surface area contributed by atoms with Crippen LogP contribution in [0.25, 0.3) is 0 Å². The summed E-state index contributed by atoms with van der Waals surface area (Å²) in [5, 5.41) is 16.1. The van der Waals surface area contributed by atoms with Crippen molar-refractivity contribution in [2.45, 2.75) is 44.6 Å². The Kier molecular flexibility index (Phi) is 6.12. The fourth-order valence-electron chi connectivity index (χ4n) is 4.58. The topological polar surface area (TPSA) is 124 Å². The van der Waals surface area contributed by atoms with Gasteiger partial charge < -0.3 is 15.2 Å². The van der Waals surface area contributed by atoms with Crippen molar-refractivity contribution in [2.24, 2.45) is 0 Å². The van der Waals surface area contributed by atoms with Gasteiger partial charge in [0.1, 0.15) is 5.82 Å². The molecule has 1 aliphatic heterocycles. The lowest BCUT2D eigenvalue weighted by molar-refractivity contribution is -0.122. The van der Waals surface area contributed by atoms with Crippen molar-refractivity contribution in [3.8, 4) is 0 Å². The lowest BCUT2D eigenvalue weighted by Gasteiger charge is -2.40. The van der Waals surface area contributed by atoms with E-state index in [2.05, 4.69) is 9.88 Å². The fraction of sp³-hybridized carbons (Fsp3) is 0.429. The molecule has 0 radical (unpaired) electrons. The van der Waals surface area contributed by atoms with E-state index in [1.807, 2.05) is 13.0 Å². The van der Waals surface area contributed by atoms with Gasteiger partial charge in [0.15, 0.2) is 0 Å². The van der Waals surface area contributed by atoms with E-state index in [1.54, 1.807) is 18.2 Å². The highest BCUT2D eigenvalue weighted by Gasteiger charge is 2.44. The van der Waals surface area contributed by atoms with Crippen LogP contribution < -0.4 is 5.56 Å². The minimum absolute atomic E-state index is 0.00987. The predicted molar refractivity (Wildman–Crippen MR) is 106 cm³/mol. The smallest absolute Gasteiger partial charge is 0.335 e. The minimum atomic E-state index is -0.898. The van der Waals surface area contributed by atoms with Crippen LogP contribution in [-0.4, -0.2) is 50.6 Å². The number of carboxylic acid groups (broad SMARTS) is 2. The molecule has 2 aliphatic rings. The lowest BCUT2D eigenvalue weighted by atomic mass is 9.77. The van der Waals surface area contributed by atoms with Crippen LogP contribution in [0.15, 0.2) is 29.1 Å². The number of nitrogens with one attached hydrogen (secondary N) is 1. The van der Waals surface area contributed by atoms with Gasteiger partial charge in [-0.25, -0.2) is 9.78 Å². The third-order valence-corrected chi connectivity index (χ3v) is 5.73. The number of likely N-dealkylation sites (tertiary alicyclic amines) is 1. The molecule has 8 heteroatoms. The second-order valence-corrected chi connectivity index (χ2v) is 7.68. The minimum Gasteiger partial charge on any atom is -0.483 e. The van der Waals surface area contributed by atoms with Crippen LogP contribution in [0.2, 0.25) is 0 Å². The van der Waals surface area contributed by atoms with Gasteiger partial charge in [0, 0.05) is 24.1 Å². The standard InChI is InChI=1S/C20H23N3O3.CH2O2/c1-13-21-17-16(18(24)22-13)6-8-20(17)7-3-9-23(12-20)11-14-4-2-5-15(10-14)19(25)26;2-1-3/h2,4-5,10H,3,6-9,11-12H2,1H3,(H,25,26)(H,21,22,24);1H,(H,2,3). The molecule has 0 bridgehead atoms. The number of hydrogen-bond acceptors (Lipinski definition) is 5. The third-order valence-electron chi connectivity index (χ3n) is 5.73. The maximum atomic E-state index is 12.3. The van der Waals surface area contributed by atoms with Gasteiger partial charge in [0.2, 0.25) is 0 Å². The summed E-state index contributed by atoms with van der Waals surface area (Å²) < 4.78 is 0. The molecule has 1 saturated heterocycles. The van der Waals surface area contributed by atoms with Crippen molar-refractivity contribution < 1.29 is 19.8 Å². The second kappa shape index (κ2) is 8.57. The van der Waals surface area contributed by atoms with Crippen molar-refractivity contribution in [3.05, 3.63) is 62.8 Å². The van der Waals surface area contributed by atoms with Crippen molar-refractivity contribution in [3.63, 3.8) is 0 Å². The summed E-state index contributed by atoms with van der Waals surface area (Å²) in [6.45, 7) is 4.16. The van der Waals surface area contributed by atoms with Gasteiger partial charge in [-0.05, 0) is 56.8 Å². The molecule has 4 rings (SSSR count). The number of aromatic carboxylic acids is 1. The Morgan fingerprint density at radius 2 is 2.14 bits per heavy atom. The van der Waals surface area contributed by atoms with E-state index in [9.17, 15) is 14.7 Å². The highest BCUT2D eigenvalue weighted by molar-refractivity contribution is 5.87. The number of fused-ring (bicyclic) bond motifs is 2. The van der Waals surface area contributed by atoms with Gasteiger partial charge in [-0.2, -0.15) is 0 Å². The summed E-state index contributed by atoms with van der Waals surface area (Å²) in [5.74, 6) is -0.216. The number of piperidine rings is 1. The van der Waals surface area contributed by atoms with Gasteiger partial charge in [-0.3, -0.25) is 14.5 Å². The van der Waals surface area contributed by atoms with Crippen LogP contribution in [0.5, 0.6) is 0 Å². The first kappa shape index (κ1) is 20.7. The average molecular weight is 399 g/mol. The normalized spacial score (nSPS) is 20.6. The number of carbonyl (C=O) groups is 2. The molecule has 1 aromatic carbocycles. The zero-order chi connectivity index (χ0) is 21.0. The number of aryl methyl sites for hydroxylation is 1. The molecule has 1 unspecified atom stereocenters. The first-order valence-corrected chi connectivity index (χ1v) is 9.61. The molecule has 1 spiro atoms. The number of aromatic amines is 1. The summed E-state index contributed by atoms with van der Waals surface area (Å²) in [5.41, 5.74) is 3.14. The molecule has 29 heavy (non-hydrogen) atoms. The monoisotopic (exact) mass is 399 g/mol. The van der Waals surface area contributed by atoms with E-state index in [0.29, 0.717) is 11.4 Å². The zero-order valence-corrected chi connectivity index (χ0v) is 16.4. The van der Waals surface area contributed by atoms with Crippen LogP contribution >= 0.6 is 0 Å². The van der Waals surface area contributed by atoms with Crippen LogP contribution in [0, 0.1) is 6.92 Å². The van der Waals surface area contributed by atoms with Crippen molar-refractivity contribution >= 4 is 12.4 Å². The highest BCUT2D eigenvalue weighted by atomic mass is 16.4. The summed E-state index contributed by atoms with van der Waals surface area (Å²) in [6, 6.07) is 7.15. The zero-order valence-electron chi connectivity index (χ0n) is 16.4. The number of nitrogens with zero attached hydrogens (tertiary/aromatic N) is 2. The number of benzene rings is 1. The summed E-state index contributed by atoms with van der Waals surface area (Å²) >= 11 is 0. The Labute approximate surface area is 168 Å². The molecular formula is C21H25N3O5. The Balaban J connectivity index is 0.000000755. The van der Waals surface area contributed by atoms with Crippen LogP contribution in [0.4, 0.5) is 0 Å². The van der Waals surface area contributed by atoms with Crippen molar-refractivity contribution in [1.82, 2.24) is 14.9 Å². The van der Waals surface area contributed by atoms with Crippen LogP contribution in [0.3, 0.4) is 0 Å². The largest absolute Gasteiger partial charge is 0.483 e. The number of rotatable bonds is 3. The second-order valence-electron chi connectivity index (χ2n) is 7.68. The Bertz CT molecular complexity index is 971. The highest BCUT2D eigenvalue weighted by Crippen LogP contribution is 2.43. The molecule has 1 aromatic heterocycles. The molecule has 0 saturated carbocycles. The molecule has 1 atom stereocenters. The summed E-state index contributed by atoms with van der Waals surface area (Å²) in [4.78, 5) is 41.7. The fourth-order valence-corrected chi connectivity index (χ4v) is 4.58. The quantitative estimate of drug-likeness (QED) is 0.674. The van der Waals surface area contributed by atoms with Crippen molar-refractivity contribution in [2.75, 3.05) is 13.1 Å².